The number of fused-ring (bicyclic) bond motifs is 1. The third-order valence-electron chi connectivity index (χ3n) is 2.11. The van der Waals surface area contributed by atoms with Gasteiger partial charge in [0.05, 0.1) is 0 Å². The lowest BCUT2D eigenvalue weighted by Crippen LogP contribution is -2.18. The highest BCUT2D eigenvalue weighted by Crippen LogP contribution is 2.53. The highest BCUT2D eigenvalue weighted by molar-refractivity contribution is 5.39. The molecule has 0 radical (unpaired) electrons. The molecule has 0 aromatic heterocycles. The molecule has 0 bridgehead atoms. The summed E-state index contributed by atoms with van der Waals surface area (Å²) < 4.78 is 105. The van der Waals surface area contributed by atoms with Crippen LogP contribution in [0.3, 0.4) is 0 Å². The van der Waals surface area contributed by atoms with Gasteiger partial charge in [-0.15, -0.1) is 0 Å². The second kappa shape index (κ2) is 3.09. The van der Waals surface area contributed by atoms with E-state index in [1.165, 1.54) is 0 Å². The van der Waals surface area contributed by atoms with Gasteiger partial charge in [0.25, 0.3) is 0 Å². The highest BCUT2D eigenvalue weighted by Gasteiger charge is 2.62. The molecular formula is C8F8O. The van der Waals surface area contributed by atoms with E-state index in [0.29, 0.717) is 0 Å². The molecule has 1 aliphatic heterocycles. The average Bonchev–Trinajstić information content (AvgIpc) is 2.36. The molecule has 9 heteroatoms. The van der Waals surface area contributed by atoms with E-state index in [9.17, 15) is 35.1 Å². The van der Waals surface area contributed by atoms with Gasteiger partial charge in [0.15, 0.2) is 23.3 Å². The lowest BCUT2D eigenvalue weighted by atomic mass is 10.1. The zero-order valence-electron chi connectivity index (χ0n) is 7.43. The van der Waals surface area contributed by atoms with Crippen molar-refractivity contribution in [2.75, 3.05) is 0 Å². The van der Waals surface area contributed by atoms with Crippen molar-refractivity contribution in [1.82, 2.24) is 0 Å². The summed E-state index contributed by atoms with van der Waals surface area (Å²) in [7, 11) is 0. The molecule has 0 fully saturated rings. The summed E-state index contributed by atoms with van der Waals surface area (Å²) in [5, 5.41) is 0. The van der Waals surface area contributed by atoms with Crippen LogP contribution in [-0.4, -0.2) is 0 Å². The predicted molar refractivity (Wildman–Crippen MR) is 35.1 cm³/mol. The van der Waals surface area contributed by atoms with Gasteiger partial charge < -0.3 is 0 Å². The zero-order chi connectivity index (χ0) is 13.2. The maximum atomic E-state index is 12.9. The van der Waals surface area contributed by atoms with Crippen LogP contribution in [0.2, 0.25) is 0 Å². The maximum Gasteiger partial charge on any atom is 0.391 e. The molecule has 1 heterocycles. The Hall–Kier alpha value is -1.38. The van der Waals surface area contributed by atoms with E-state index in [1.807, 2.05) is 0 Å². The first-order valence-corrected chi connectivity index (χ1v) is 3.92. The monoisotopic (exact) mass is 264 g/mol. The van der Waals surface area contributed by atoms with Gasteiger partial charge in [-0.25, -0.2) is 22.3 Å². The number of rotatable bonds is 0. The minimum atomic E-state index is -4.95. The standard InChI is InChI=1S/C8F8O/c9-3-1-2(4(10)6(12)5(3)11)8(15,16)17-7(1,13)14. The Labute approximate surface area is 87.6 Å². The molecule has 0 saturated heterocycles. The third-order valence-corrected chi connectivity index (χ3v) is 2.11. The quantitative estimate of drug-likeness (QED) is 0.396. The Morgan fingerprint density at radius 3 is 1.18 bits per heavy atom. The van der Waals surface area contributed by atoms with Crippen molar-refractivity contribution >= 4 is 0 Å². The van der Waals surface area contributed by atoms with Crippen LogP contribution in [0.1, 0.15) is 11.1 Å². The Balaban J connectivity index is 2.92. The molecule has 0 N–H and O–H groups in total. The van der Waals surface area contributed by atoms with Gasteiger partial charge in [-0.3, -0.25) is 0 Å². The topological polar surface area (TPSA) is 9.23 Å². The van der Waals surface area contributed by atoms with E-state index in [0.717, 1.165) is 0 Å². The van der Waals surface area contributed by atoms with Crippen LogP contribution in [-0.2, 0) is 17.0 Å². The molecule has 17 heavy (non-hydrogen) atoms. The summed E-state index contributed by atoms with van der Waals surface area (Å²) in [5.74, 6) is -10.4. The molecule has 0 atom stereocenters. The smallest absolute Gasteiger partial charge is 0.247 e. The molecule has 94 valence electrons. The Kier molecular flexibility index (Phi) is 2.20. The van der Waals surface area contributed by atoms with Crippen molar-refractivity contribution in [2.24, 2.45) is 0 Å². The first-order valence-electron chi connectivity index (χ1n) is 3.92. The molecule has 2 rings (SSSR count). The van der Waals surface area contributed by atoms with Gasteiger partial charge in [0.1, 0.15) is 11.1 Å². The Morgan fingerprint density at radius 1 is 0.588 bits per heavy atom. The van der Waals surface area contributed by atoms with Crippen LogP contribution < -0.4 is 0 Å². The summed E-state index contributed by atoms with van der Waals surface area (Å²) >= 11 is 0. The summed E-state index contributed by atoms with van der Waals surface area (Å²) in [6, 6.07) is 0. The molecule has 0 spiro atoms. The SMILES string of the molecule is Fc1c(F)c(F)c2c(c1F)C(F)(F)OC2(F)F. The molecule has 1 nitrogen and oxygen atoms in total. The zero-order valence-corrected chi connectivity index (χ0v) is 7.43. The fourth-order valence-electron chi connectivity index (χ4n) is 1.44. The van der Waals surface area contributed by atoms with E-state index >= 15 is 0 Å². The largest absolute Gasteiger partial charge is 0.391 e. The van der Waals surface area contributed by atoms with E-state index in [-0.39, 0.29) is 0 Å². The number of hydrogen-bond acceptors (Lipinski definition) is 1. The van der Waals surface area contributed by atoms with Crippen LogP contribution in [0.5, 0.6) is 0 Å². The molecule has 0 unspecified atom stereocenters. The molecule has 1 aromatic rings. The minimum Gasteiger partial charge on any atom is -0.247 e. The fourth-order valence-corrected chi connectivity index (χ4v) is 1.44. The summed E-state index contributed by atoms with van der Waals surface area (Å²) in [6.45, 7) is 0. The second-order valence-corrected chi connectivity index (χ2v) is 3.14. The van der Waals surface area contributed by atoms with Crippen molar-refractivity contribution in [3.8, 4) is 0 Å². The number of ether oxygens (including phenoxy) is 1. The highest BCUT2D eigenvalue weighted by atomic mass is 19.3. The van der Waals surface area contributed by atoms with Crippen LogP contribution in [0, 0.1) is 23.3 Å². The van der Waals surface area contributed by atoms with Crippen molar-refractivity contribution < 1.29 is 39.9 Å². The average molecular weight is 264 g/mol. The van der Waals surface area contributed by atoms with Crippen molar-refractivity contribution in [3.05, 3.63) is 34.4 Å². The Bertz CT molecular complexity index is 464. The van der Waals surface area contributed by atoms with Crippen LogP contribution in [0.15, 0.2) is 0 Å². The van der Waals surface area contributed by atoms with Gasteiger partial charge in [-0.05, 0) is 0 Å². The second-order valence-electron chi connectivity index (χ2n) is 3.14. The van der Waals surface area contributed by atoms with Gasteiger partial charge in [0, 0.05) is 0 Å². The Morgan fingerprint density at radius 2 is 0.882 bits per heavy atom. The third kappa shape index (κ3) is 1.41. The van der Waals surface area contributed by atoms with E-state index in [2.05, 4.69) is 4.74 Å². The summed E-state index contributed by atoms with van der Waals surface area (Å²) in [5.41, 5.74) is -4.67. The van der Waals surface area contributed by atoms with Gasteiger partial charge >= 0.3 is 12.2 Å². The number of alkyl halides is 4. The van der Waals surface area contributed by atoms with Gasteiger partial charge in [0.2, 0.25) is 0 Å². The molecular weight excluding hydrogens is 264 g/mol. The van der Waals surface area contributed by atoms with Gasteiger partial charge in [-0.1, -0.05) is 0 Å². The lowest BCUT2D eigenvalue weighted by molar-refractivity contribution is -0.370. The van der Waals surface area contributed by atoms with E-state index in [1.54, 1.807) is 0 Å². The van der Waals surface area contributed by atoms with E-state index < -0.39 is 46.6 Å². The first kappa shape index (κ1) is 12.1. The minimum absolute atomic E-state index is 2.33. The van der Waals surface area contributed by atoms with E-state index in [4.69, 9.17) is 0 Å². The summed E-state index contributed by atoms with van der Waals surface area (Å²) in [6.07, 6.45) is -9.89. The van der Waals surface area contributed by atoms with Crippen LogP contribution in [0.4, 0.5) is 35.1 Å². The molecule has 0 saturated carbocycles. The maximum absolute atomic E-state index is 12.9. The molecule has 0 aliphatic carbocycles. The van der Waals surface area contributed by atoms with Crippen molar-refractivity contribution in [2.45, 2.75) is 12.2 Å². The molecule has 1 aliphatic rings. The lowest BCUT2D eigenvalue weighted by Gasteiger charge is -2.10. The predicted octanol–water partition coefficient (Wildman–Crippen LogP) is 3.37. The fraction of sp³-hybridized carbons (Fsp3) is 0.250. The van der Waals surface area contributed by atoms with Crippen LogP contribution in [0.25, 0.3) is 0 Å². The number of benzene rings is 1. The van der Waals surface area contributed by atoms with Crippen molar-refractivity contribution in [1.29, 1.82) is 0 Å². The van der Waals surface area contributed by atoms with Crippen molar-refractivity contribution in [3.63, 3.8) is 0 Å². The molecule has 1 aromatic carbocycles. The summed E-state index contributed by atoms with van der Waals surface area (Å²) in [4.78, 5) is 0. The number of hydrogen-bond donors (Lipinski definition) is 0. The first-order chi connectivity index (χ1) is 7.59. The normalized spacial score (nSPS) is 20.5. The molecule has 0 amide bonds. The number of halogens is 8. The van der Waals surface area contributed by atoms with Gasteiger partial charge in [-0.2, -0.15) is 17.6 Å². The van der Waals surface area contributed by atoms with Crippen LogP contribution >= 0.6 is 0 Å².